The third-order valence-electron chi connectivity index (χ3n) is 6.42. The number of hydrogen-bond donors (Lipinski definition) is 0. The molecule has 2 heteroatoms. The molecule has 2 saturated carbocycles. The van der Waals surface area contributed by atoms with E-state index < -0.39 is 0 Å². The lowest BCUT2D eigenvalue weighted by Gasteiger charge is -2.52. The highest BCUT2D eigenvalue weighted by Crippen LogP contribution is 2.51. The normalized spacial score (nSPS) is 21.4. The van der Waals surface area contributed by atoms with E-state index in [-0.39, 0.29) is 5.79 Å². The highest BCUT2D eigenvalue weighted by atomic mass is 16.7. The van der Waals surface area contributed by atoms with Crippen molar-refractivity contribution in [2.24, 2.45) is 17.8 Å². The first-order chi connectivity index (χ1) is 10.8. The molecule has 0 saturated heterocycles. The van der Waals surface area contributed by atoms with Gasteiger partial charge in [-0.25, -0.2) is 0 Å². The highest BCUT2D eigenvalue weighted by molar-refractivity contribution is 4.95. The van der Waals surface area contributed by atoms with Gasteiger partial charge < -0.3 is 9.47 Å². The molecule has 0 N–H and O–H groups in total. The monoisotopic (exact) mass is 310 g/mol. The maximum atomic E-state index is 6.08. The summed E-state index contributed by atoms with van der Waals surface area (Å²) in [5.41, 5.74) is 0. The standard InChI is InChI=1S/C20H38O2/c1-4-5-6-7-8-9-16-19(17-12-10-13-17)20(21-2,22-3)18-14-11-15-18/h17-19H,4-16H2,1-3H3. The molecule has 0 spiro atoms. The number of hydrogen-bond acceptors (Lipinski definition) is 2. The van der Waals surface area contributed by atoms with Crippen molar-refractivity contribution in [3.63, 3.8) is 0 Å². The Labute approximate surface area is 138 Å². The highest BCUT2D eigenvalue weighted by Gasteiger charge is 2.51. The van der Waals surface area contributed by atoms with Crippen molar-refractivity contribution in [3.8, 4) is 0 Å². The van der Waals surface area contributed by atoms with Crippen molar-refractivity contribution in [3.05, 3.63) is 0 Å². The Morgan fingerprint density at radius 3 is 1.91 bits per heavy atom. The SMILES string of the molecule is CCCCCCCCC(C1CCC1)C(OC)(OC)C1CCC1. The van der Waals surface area contributed by atoms with Gasteiger partial charge in [-0.1, -0.05) is 58.3 Å². The molecule has 2 rings (SSSR count). The topological polar surface area (TPSA) is 18.5 Å². The molecule has 2 aliphatic carbocycles. The van der Waals surface area contributed by atoms with E-state index in [0.29, 0.717) is 11.8 Å². The van der Waals surface area contributed by atoms with Crippen LogP contribution in [0.25, 0.3) is 0 Å². The van der Waals surface area contributed by atoms with Crippen molar-refractivity contribution >= 4 is 0 Å². The summed E-state index contributed by atoms with van der Waals surface area (Å²) in [5.74, 6) is 1.81. The lowest BCUT2D eigenvalue weighted by atomic mass is 9.64. The van der Waals surface area contributed by atoms with Gasteiger partial charge in [0, 0.05) is 26.1 Å². The van der Waals surface area contributed by atoms with Gasteiger partial charge in [0.2, 0.25) is 0 Å². The van der Waals surface area contributed by atoms with E-state index in [9.17, 15) is 0 Å². The summed E-state index contributed by atoms with van der Waals surface area (Å²) in [6, 6.07) is 0. The van der Waals surface area contributed by atoms with Crippen LogP contribution in [0.1, 0.15) is 90.4 Å². The molecule has 2 nitrogen and oxygen atoms in total. The minimum absolute atomic E-state index is 0.285. The Morgan fingerprint density at radius 1 is 0.864 bits per heavy atom. The molecule has 0 aromatic carbocycles. The van der Waals surface area contributed by atoms with Gasteiger partial charge in [0.25, 0.3) is 0 Å². The first-order valence-corrected chi connectivity index (χ1v) is 9.88. The van der Waals surface area contributed by atoms with E-state index in [2.05, 4.69) is 6.92 Å². The average molecular weight is 311 g/mol. The van der Waals surface area contributed by atoms with Gasteiger partial charge >= 0.3 is 0 Å². The summed E-state index contributed by atoms with van der Waals surface area (Å²) >= 11 is 0. The molecule has 22 heavy (non-hydrogen) atoms. The first-order valence-electron chi connectivity index (χ1n) is 9.88. The van der Waals surface area contributed by atoms with Crippen LogP contribution in [0.5, 0.6) is 0 Å². The number of ether oxygens (including phenoxy) is 2. The predicted molar refractivity (Wildman–Crippen MR) is 92.9 cm³/mol. The van der Waals surface area contributed by atoms with Gasteiger partial charge in [-0.3, -0.25) is 0 Å². The zero-order valence-electron chi connectivity index (χ0n) is 15.2. The van der Waals surface area contributed by atoms with Crippen molar-refractivity contribution < 1.29 is 9.47 Å². The van der Waals surface area contributed by atoms with Crippen molar-refractivity contribution in [1.29, 1.82) is 0 Å². The van der Waals surface area contributed by atoms with Gasteiger partial charge in [-0.15, -0.1) is 0 Å². The van der Waals surface area contributed by atoms with Gasteiger partial charge in [0.1, 0.15) is 0 Å². The fourth-order valence-corrected chi connectivity index (χ4v) is 4.58. The van der Waals surface area contributed by atoms with Crippen LogP contribution >= 0.6 is 0 Å². The molecule has 2 aliphatic rings. The summed E-state index contributed by atoms with van der Waals surface area (Å²) in [4.78, 5) is 0. The molecule has 0 aliphatic heterocycles. The van der Waals surface area contributed by atoms with E-state index in [1.807, 2.05) is 14.2 Å². The number of unbranched alkanes of at least 4 members (excludes halogenated alkanes) is 5. The second-order valence-corrected chi connectivity index (χ2v) is 7.61. The van der Waals surface area contributed by atoms with Crippen LogP contribution in [0.15, 0.2) is 0 Å². The van der Waals surface area contributed by atoms with Crippen LogP contribution in [0.2, 0.25) is 0 Å². The minimum Gasteiger partial charge on any atom is -0.353 e. The fourth-order valence-electron chi connectivity index (χ4n) is 4.58. The summed E-state index contributed by atoms with van der Waals surface area (Å²) < 4.78 is 12.2. The van der Waals surface area contributed by atoms with Crippen LogP contribution in [-0.2, 0) is 9.47 Å². The maximum absolute atomic E-state index is 6.08. The van der Waals surface area contributed by atoms with Crippen molar-refractivity contribution in [2.45, 2.75) is 96.2 Å². The Hall–Kier alpha value is -0.0800. The van der Waals surface area contributed by atoms with Crippen molar-refractivity contribution in [2.75, 3.05) is 14.2 Å². The van der Waals surface area contributed by atoms with E-state index in [4.69, 9.17) is 9.47 Å². The molecule has 1 unspecified atom stereocenters. The third-order valence-corrected chi connectivity index (χ3v) is 6.42. The molecule has 0 heterocycles. The first kappa shape index (κ1) is 18.3. The molecule has 0 aromatic rings. The summed E-state index contributed by atoms with van der Waals surface area (Å²) in [7, 11) is 3.77. The third kappa shape index (κ3) is 4.06. The predicted octanol–water partition coefficient (Wildman–Crippen LogP) is 5.94. The van der Waals surface area contributed by atoms with Gasteiger partial charge in [-0.05, 0) is 38.0 Å². The van der Waals surface area contributed by atoms with Gasteiger partial charge in [0.15, 0.2) is 5.79 Å². The largest absolute Gasteiger partial charge is 0.353 e. The fraction of sp³-hybridized carbons (Fsp3) is 1.00. The van der Waals surface area contributed by atoms with Crippen molar-refractivity contribution in [1.82, 2.24) is 0 Å². The molecule has 2 fully saturated rings. The second kappa shape index (κ2) is 9.27. The van der Waals surface area contributed by atoms with Gasteiger partial charge in [-0.2, -0.15) is 0 Å². The van der Waals surface area contributed by atoms with Gasteiger partial charge in [0.05, 0.1) is 0 Å². The van der Waals surface area contributed by atoms with E-state index in [1.54, 1.807) is 0 Å². The van der Waals surface area contributed by atoms with E-state index in [0.717, 1.165) is 5.92 Å². The Bertz CT molecular complexity index is 290. The average Bonchev–Trinajstić information content (AvgIpc) is 2.43. The summed E-state index contributed by atoms with van der Waals surface area (Å²) in [6.45, 7) is 2.29. The molecule has 0 aromatic heterocycles. The zero-order valence-corrected chi connectivity index (χ0v) is 15.2. The zero-order chi connectivity index (χ0) is 15.8. The van der Waals surface area contributed by atoms with Crippen LogP contribution in [0.4, 0.5) is 0 Å². The summed E-state index contributed by atoms with van der Waals surface area (Å²) in [6.07, 6.45) is 17.7. The molecule has 1 atom stereocenters. The Kier molecular flexibility index (Phi) is 7.70. The quantitative estimate of drug-likeness (QED) is 0.328. The number of rotatable bonds is 12. The molecular formula is C20H38O2. The Morgan fingerprint density at radius 2 is 1.45 bits per heavy atom. The Balaban J connectivity index is 1.89. The van der Waals surface area contributed by atoms with Crippen LogP contribution < -0.4 is 0 Å². The molecule has 0 radical (unpaired) electrons. The second-order valence-electron chi connectivity index (χ2n) is 7.61. The van der Waals surface area contributed by atoms with Crippen LogP contribution in [0.3, 0.4) is 0 Å². The maximum Gasteiger partial charge on any atom is 0.173 e. The minimum atomic E-state index is -0.285. The molecular weight excluding hydrogens is 272 g/mol. The van der Waals surface area contributed by atoms with Crippen LogP contribution in [-0.4, -0.2) is 20.0 Å². The number of methoxy groups -OCH3 is 2. The molecule has 0 bridgehead atoms. The van der Waals surface area contributed by atoms with E-state index in [1.165, 1.54) is 83.5 Å². The van der Waals surface area contributed by atoms with E-state index >= 15 is 0 Å². The van der Waals surface area contributed by atoms with Crippen LogP contribution in [0, 0.1) is 17.8 Å². The lowest BCUT2D eigenvalue weighted by Crippen LogP contribution is -2.54. The smallest absolute Gasteiger partial charge is 0.173 e. The molecule has 130 valence electrons. The summed E-state index contributed by atoms with van der Waals surface area (Å²) in [5, 5.41) is 0. The molecule has 0 amide bonds. The lowest BCUT2D eigenvalue weighted by molar-refractivity contribution is -0.297.